The molecule has 2 aliphatic heterocycles. The molecular weight excluding hydrogens is 587 g/mol. The molecule has 5 rings (SSSR count). The lowest BCUT2D eigenvalue weighted by atomic mass is 9.83. The van der Waals surface area contributed by atoms with Crippen LogP contribution < -0.4 is 28.4 Å². The summed E-state index contributed by atoms with van der Waals surface area (Å²) in [6.45, 7) is 3.52. The van der Waals surface area contributed by atoms with Gasteiger partial charge in [0.25, 0.3) is 5.69 Å². The summed E-state index contributed by atoms with van der Waals surface area (Å²) in [6.07, 6.45) is 3.54. The number of ether oxygens (including phenoxy) is 1. The van der Waals surface area contributed by atoms with Gasteiger partial charge in [0, 0.05) is 24.6 Å². The maximum Gasteiger partial charge on any atom is 0.355 e. The lowest BCUT2D eigenvalue weighted by Crippen LogP contribution is -3.00. The SMILES string of the molecule is Cc1c2sc(C3=C(C(=O)OCc4ccc([N+](=O)[O-])cc4)N4C(=O)[C@H]([C@@H](C)O)[C@H]4C3)c[n+]2cn1C.[I-]. The van der Waals surface area contributed by atoms with Gasteiger partial charge in [-0.1, -0.05) is 11.3 Å². The molecule has 4 heterocycles. The van der Waals surface area contributed by atoms with Crippen LogP contribution in [-0.4, -0.2) is 43.5 Å². The van der Waals surface area contributed by atoms with Crippen LogP contribution in [0.2, 0.25) is 0 Å². The van der Waals surface area contributed by atoms with E-state index in [4.69, 9.17) is 4.74 Å². The molecule has 1 aromatic carbocycles. The van der Waals surface area contributed by atoms with Crippen molar-refractivity contribution in [3.8, 4) is 0 Å². The smallest absolute Gasteiger partial charge is 0.355 e. The number of carbonyl (C=O) groups excluding carboxylic acids is 2. The van der Waals surface area contributed by atoms with Crippen molar-refractivity contribution in [3.05, 3.63) is 68.7 Å². The molecule has 1 saturated heterocycles. The topological polar surface area (TPSA) is 119 Å². The number of hydrogen-bond acceptors (Lipinski definition) is 7. The van der Waals surface area contributed by atoms with Gasteiger partial charge in [-0.25, -0.2) is 9.36 Å². The average Bonchev–Trinajstić information content (AvgIpc) is 3.43. The number of carbonyl (C=O) groups is 2. The number of aryl methyl sites for hydroxylation is 2. The Morgan fingerprint density at radius 3 is 2.66 bits per heavy atom. The molecule has 1 amide bonds. The number of nitro benzene ring substituents is 1. The van der Waals surface area contributed by atoms with Crippen molar-refractivity contribution in [2.24, 2.45) is 13.0 Å². The van der Waals surface area contributed by atoms with E-state index in [1.807, 2.05) is 35.5 Å². The minimum Gasteiger partial charge on any atom is -1.00 e. The predicted octanol–water partition coefficient (Wildman–Crippen LogP) is -0.888. The molecule has 0 aliphatic carbocycles. The van der Waals surface area contributed by atoms with Gasteiger partial charge in [-0.15, -0.1) is 0 Å². The number of aliphatic hydroxyl groups is 1. The number of benzene rings is 1. The number of non-ortho nitro benzene ring substituents is 1. The van der Waals surface area contributed by atoms with Crippen molar-refractivity contribution in [2.45, 2.75) is 39.0 Å². The lowest BCUT2D eigenvalue weighted by molar-refractivity contribution is -0.508. The van der Waals surface area contributed by atoms with Gasteiger partial charge >= 0.3 is 5.97 Å². The molecule has 1 fully saturated rings. The van der Waals surface area contributed by atoms with Gasteiger partial charge in [-0.05, 0) is 31.0 Å². The maximum absolute atomic E-state index is 13.2. The number of halogens is 1. The second-order valence-corrected chi connectivity index (χ2v) is 9.72. The first kappa shape index (κ1) is 25.3. The van der Waals surface area contributed by atoms with E-state index in [0.29, 0.717) is 12.0 Å². The van der Waals surface area contributed by atoms with Crippen LogP contribution in [0.3, 0.4) is 0 Å². The van der Waals surface area contributed by atoms with Crippen molar-refractivity contribution in [1.29, 1.82) is 0 Å². The van der Waals surface area contributed by atoms with E-state index in [2.05, 4.69) is 0 Å². The Kier molecular flexibility index (Phi) is 6.72. The number of amides is 1. The zero-order chi connectivity index (χ0) is 24.3. The molecule has 2 aliphatic rings. The number of esters is 1. The van der Waals surface area contributed by atoms with E-state index in [0.717, 1.165) is 21.0 Å². The summed E-state index contributed by atoms with van der Waals surface area (Å²) < 4.78 is 9.53. The molecule has 184 valence electrons. The average molecular weight is 610 g/mol. The summed E-state index contributed by atoms with van der Waals surface area (Å²) >= 11 is 1.54. The Morgan fingerprint density at radius 2 is 2.06 bits per heavy atom. The maximum atomic E-state index is 13.2. The first-order valence-corrected chi connectivity index (χ1v) is 11.6. The van der Waals surface area contributed by atoms with Gasteiger partial charge in [-0.2, -0.15) is 4.40 Å². The van der Waals surface area contributed by atoms with Gasteiger partial charge in [0.2, 0.25) is 17.1 Å². The normalized spacial score (nSPS) is 19.9. The van der Waals surface area contributed by atoms with Crippen molar-refractivity contribution < 1.29 is 52.7 Å². The second-order valence-electron chi connectivity index (χ2n) is 8.69. The third kappa shape index (κ3) is 4.12. The van der Waals surface area contributed by atoms with Crippen molar-refractivity contribution >= 4 is 39.3 Å². The number of imidazole rings is 1. The number of aromatic nitrogens is 2. The van der Waals surface area contributed by atoms with Crippen molar-refractivity contribution in [2.75, 3.05) is 0 Å². The fourth-order valence-corrected chi connectivity index (χ4v) is 5.86. The molecule has 35 heavy (non-hydrogen) atoms. The van der Waals surface area contributed by atoms with Gasteiger partial charge in [-0.3, -0.25) is 14.9 Å². The summed E-state index contributed by atoms with van der Waals surface area (Å²) in [4.78, 5) is 39.7. The van der Waals surface area contributed by atoms with Gasteiger partial charge in [0.05, 0.1) is 34.9 Å². The number of fused-ring (bicyclic) bond motifs is 2. The fraction of sp³-hybridized carbons (Fsp3) is 0.348. The quantitative estimate of drug-likeness (QED) is 0.0967. The van der Waals surface area contributed by atoms with E-state index < -0.39 is 22.9 Å². The number of nitro groups is 1. The third-order valence-electron chi connectivity index (χ3n) is 6.57. The van der Waals surface area contributed by atoms with E-state index in [9.17, 15) is 24.8 Å². The van der Waals surface area contributed by atoms with E-state index in [-0.39, 0.29) is 53.9 Å². The Hall–Kier alpha value is -2.84. The van der Waals surface area contributed by atoms with E-state index in [1.165, 1.54) is 40.5 Å². The summed E-state index contributed by atoms with van der Waals surface area (Å²) in [7, 11) is 1.96. The minimum atomic E-state index is -0.814. The molecule has 3 atom stereocenters. The molecule has 3 aromatic rings. The molecule has 1 N–H and O–H groups in total. The van der Waals surface area contributed by atoms with Crippen LogP contribution in [0.1, 0.15) is 29.5 Å². The van der Waals surface area contributed by atoms with E-state index >= 15 is 0 Å². The standard InChI is InChI=1S/C23H23N4O6S.HI/c1-12-22-25(11-24(12)3)9-18(34-22)16-8-17-19(13(2)28)21(29)26(17)20(16)23(30)33-10-14-4-6-15(7-5-14)27(31)32;/h4-7,9,11,13,17,19,28H,8,10H2,1-3H3;1H/q+1;/p-1/t13-,17-,19-;/m1./s1. The van der Waals surface area contributed by atoms with Crippen LogP contribution in [0.25, 0.3) is 10.4 Å². The molecule has 12 heteroatoms. The first-order valence-electron chi connectivity index (χ1n) is 10.8. The Balaban J connectivity index is 0.00000289. The van der Waals surface area contributed by atoms with Crippen LogP contribution in [0, 0.1) is 23.0 Å². The zero-order valence-corrected chi connectivity index (χ0v) is 22.1. The summed E-state index contributed by atoms with van der Waals surface area (Å²) in [5, 5.41) is 20.9. The number of nitrogens with zero attached hydrogens (tertiary/aromatic N) is 4. The van der Waals surface area contributed by atoms with Crippen LogP contribution in [-0.2, 0) is 28.0 Å². The highest BCUT2D eigenvalue weighted by Crippen LogP contribution is 2.48. The summed E-state index contributed by atoms with van der Waals surface area (Å²) in [6, 6.07) is 5.47. The molecule has 0 bridgehead atoms. The molecule has 0 spiro atoms. The molecule has 0 saturated carbocycles. The highest BCUT2D eigenvalue weighted by Gasteiger charge is 2.57. The van der Waals surface area contributed by atoms with Crippen LogP contribution >= 0.6 is 11.3 Å². The van der Waals surface area contributed by atoms with Gasteiger partial charge < -0.3 is 38.7 Å². The fourth-order valence-electron chi connectivity index (χ4n) is 4.69. The number of thiazole rings is 1. The Morgan fingerprint density at radius 1 is 1.37 bits per heavy atom. The van der Waals surface area contributed by atoms with Crippen LogP contribution in [0.5, 0.6) is 0 Å². The monoisotopic (exact) mass is 610 g/mol. The molecule has 2 aromatic heterocycles. The number of rotatable bonds is 6. The van der Waals surface area contributed by atoms with Gasteiger partial charge in [0.1, 0.15) is 18.5 Å². The molecule has 0 unspecified atom stereocenters. The van der Waals surface area contributed by atoms with E-state index in [1.54, 1.807) is 6.92 Å². The minimum absolute atomic E-state index is 0. The summed E-state index contributed by atoms with van der Waals surface area (Å²) in [5.41, 5.74) is 2.57. The van der Waals surface area contributed by atoms with Crippen molar-refractivity contribution in [1.82, 2.24) is 9.47 Å². The first-order chi connectivity index (χ1) is 16.2. The van der Waals surface area contributed by atoms with Crippen molar-refractivity contribution in [3.63, 3.8) is 0 Å². The highest BCUT2D eigenvalue weighted by atomic mass is 127. The predicted molar refractivity (Wildman–Crippen MR) is 121 cm³/mol. The second kappa shape index (κ2) is 9.32. The van der Waals surface area contributed by atoms with Crippen LogP contribution in [0.4, 0.5) is 5.69 Å². The Bertz CT molecular complexity index is 1380. The molecular formula is C23H23IN4O6S. The lowest BCUT2D eigenvalue weighted by Gasteiger charge is -2.44. The summed E-state index contributed by atoms with van der Waals surface area (Å²) in [5.74, 6) is -1.47. The molecule has 10 nitrogen and oxygen atoms in total. The van der Waals surface area contributed by atoms with Crippen LogP contribution in [0.15, 0.2) is 42.5 Å². The largest absolute Gasteiger partial charge is 1.00 e. The highest BCUT2D eigenvalue weighted by molar-refractivity contribution is 7.18. The Labute approximate surface area is 221 Å². The number of aliphatic hydroxyl groups excluding tert-OH is 1. The number of hydrogen-bond donors (Lipinski definition) is 1. The zero-order valence-electron chi connectivity index (χ0n) is 19.2. The number of β-lactam (4-membered cyclic amide) rings is 1. The molecule has 0 radical (unpaired) electrons. The third-order valence-corrected chi connectivity index (χ3v) is 7.84. The van der Waals surface area contributed by atoms with Gasteiger partial charge in [0.15, 0.2) is 5.69 Å².